The van der Waals surface area contributed by atoms with Gasteiger partial charge in [-0.3, -0.25) is 0 Å². The Morgan fingerprint density at radius 2 is 2.06 bits per heavy atom. The maximum atomic E-state index is 5.77. The molecule has 3 heteroatoms. The molecule has 1 unspecified atom stereocenters. The van der Waals surface area contributed by atoms with Gasteiger partial charge in [0.2, 0.25) is 0 Å². The fourth-order valence-corrected chi connectivity index (χ4v) is 2.18. The summed E-state index contributed by atoms with van der Waals surface area (Å²) in [6, 6.07) is 8.71. The third-order valence-corrected chi connectivity index (χ3v) is 3.20. The summed E-state index contributed by atoms with van der Waals surface area (Å²) in [5.74, 6) is 1.75. The second-order valence-corrected chi connectivity index (χ2v) is 4.48. The Balaban J connectivity index is 2.08. The first-order valence-electron chi connectivity index (χ1n) is 6.24. The number of para-hydroxylation sites is 1. The first-order valence-corrected chi connectivity index (χ1v) is 6.24. The standard InChI is InChI=1S/C14H21NO2/c1-15-14(11-7-8-11)12-5-3-4-6-13(12)17-10-9-16-2/h3-6,11,14-15H,7-10H2,1-2H3. The van der Waals surface area contributed by atoms with Crippen LogP contribution in [0.2, 0.25) is 0 Å². The normalized spacial score (nSPS) is 16.8. The van der Waals surface area contributed by atoms with Crippen LogP contribution in [0.1, 0.15) is 24.4 Å². The molecule has 2 rings (SSSR count). The summed E-state index contributed by atoms with van der Waals surface area (Å²) in [7, 11) is 3.71. The molecule has 1 fully saturated rings. The van der Waals surface area contributed by atoms with Crippen LogP contribution in [0.25, 0.3) is 0 Å². The van der Waals surface area contributed by atoms with Crippen molar-refractivity contribution in [3.05, 3.63) is 29.8 Å². The molecule has 1 aromatic rings. The van der Waals surface area contributed by atoms with Gasteiger partial charge in [-0.15, -0.1) is 0 Å². The average Bonchev–Trinajstić information content (AvgIpc) is 3.17. The lowest BCUT2D eigenvalue weighted by molar-refractivity contribution is 0.145. The second-order valence-electron chi connectivity index (χ2n) is 4.48. The zero-order valence-corrected chi connectivity index (χ0v) is 10.6. The lowest BCUT2D eigenvalue weighted by Gasteiger charge is -2.19. The van der Waals surface area contributed by atoms with Crippen molar-refractivity contribution < 1.29 is 9.47 Å². The topological polar surface area (TPSA) is 30.5 Å². The van der Waals surface area contributed by atoms with Crippen LogP contribution in [0.15, 0.2) is 24.3 Å². The molecule has 0 bridgehead atoms. The van der Waals surface area contributed by atoms with Gasteiger partial charge < -0.3 is 14.8 Å². The lowest BCUT2D eigenvalue weighted by atomic mass is 10.0. The summed E-state index contributed by atoms with van der Waals surface area (Å²) in [6.45, 7) is 1.23. The minimum atomic E-state index is 0.425. The van der Waals surface area contributed by atoms with Crippen molar-refractivity contribution in [3.63, 3.8) is 0 Å². The van der Waals surface area contributed by atoms with E-state index in [-0.39, 0.29) is 0 Å². The first-order chi connectivity index (χ1) is 8.36. The maximum Gasteiger partial charge on any atom is 0.124 e. The fourth-order valence-electron chi connectivity index (χ4n) is 2.18. The van der Waals surface area contributed by atoms with E-state index < -0.39 is 0 Å². The monoisotopic (exact) mass is 235 g/mol. The van der Waals surface area contributed by atoms with Crippen molar-refractivity contribution in [2.45, 2.75) is 18.9 Å². The minimum Gasteiger partial charge on any atom is -0.491 e. The number of benzene rings is 1. The highest BCUT2D eigenvalue weighted by Crippen LogP contribution is 2.43. The van der Waals surface area contributed by atoms with Crippen LogP contribution in [0.3, 0.4) is 0 Å². The van der Waals surface area contributed by atoms with Gasteiger partial charge in [-0.2, -0.15) is 0 Å². The summed E-state index contributed by atoms with van der Waals surface area (Å²) < 4.78 is 10.8. The van der Waals surface area contributed by atoms with E-state index in [1.54, 1.807) is 7.11 Å². The van der Waals surface area contributed by atoms with Crippen molar-refractivity contribution >= 4 is 0 Å². The molecule has 0 amide bonds. The van der Waals surface area contributed by atoms with Crippen molar-refractivity contribution in [3.8, 4) is 5.75 Å². The summed E-state index contributed by atoms with van der Waals surface area (Å²) in [5.41, 5.74) is 1.27. The van der Waals surface area contributed by atoms with Gasteiger partial charge in [0.1, 0.15) is 12.4 Å². The molecule has 0 spiro atoms. The highest BCUT2D eigenvalue weighted by Gasteiger charge is 2.32. The molecule has 3 nitrogen and oxygen atoms in total. The number of nitrogens with one attached hydrogen (secondary N) is 1. The number of methoxy groups -OCH3 is 1. The van der Waals surface area contributed by atoms with Crippen LogP contribution in [0, 0.1) is 5.92 Å². The summed E-state index contributed by atoms with van der Waals surface area (Å²) >= 11 is 0. The van der Waals surface area contributed by atoms with Crippen molar-refractivity contribution in [1.82, 2.24) is 5.32 Å². The third kappa shape index (κ3) is 3.20. The van der Waals surface area contributed by atoms with Gasteiger partial charge in [-0.05, 0) is 31.9 Å². The van der Waals surface area contributed by atoms with Crippen LogP contribution in [-0.2, 0) is 4.74 Å². The highest BCUT2D eigenvalue weighted by atomic mass is 16.5. The predicted octanol–water partition coefficient (Wildman–Crippen LogP) is 2.38. The molecule has 1 saturated carbocycles. The molecule has 0 radical (unpaired) electrons. The van der Waals surface area contributed by atoms with E-state index in [9.17, 15) is 0 Å². The number of rotatable bonds is 7. The van der Waals surface area contributed by atoms with Gasteiger partial charge in [0.05, 0.1) is 6.61 Å². The van der Waals surface area contributed by atoms with Gasteiger partial charge in [0.15, 0.2) is 0 Å². The zero-order chi connectivity index (χ0) is 12.1. The Morgan fingerprint density at radius 3 is 2.71 bits per heavy atom. The summed E-state index contributed by atoms with van der Waals surface area (Å²) in [4.78, 5) is 0. The number of hydrogen-bond donors (Lipinski definition) is 1. The van der Waals surface area contributed by atoms with Crippen LogP contribution < -0.4 is 10.1 Å². The van der Waals surface area contributed by atoms with Gasteiger partial charge in [-0.1, -0.05) is 18.2 Å². The zero-order valence-electron chi connectivity index (χ0n) is 10.6. The lowest BCUT2D eigenvalue weighted by Crippen LogP contribution is -2.19. The molecular weight excluding hydrogens is 214 g/mol. The average molecular weight is 235 g/mol. The van der Waals surface area contributed by atoms with Crippen molar-refractivity contribution in [1.29, 1.82) is 0 Å². The predicted molar refractivity (Wildman–Crippen MR) is 68.3 cm³/mol. The molecule has 1 aliphatic rings. The third-order valence-electron chi connectivity index (χ3n) is 3.20. The maximum absolute atomic E-state index is 5.77. The molecule has 1 atom stereocenters. The number of hydrogen-bond acceptors (Lipinski definition) is 3. The Labute approximate surface area is 103 Å². The molecule has 0 aromatic heterocycles. The summed E-state index contributed by atoms with van der Waals surface area (Å²) in [6.07, 6.45) is 2.63. The first kappa shape index (κ1) is 12.4. The molecule has 1 aromatic carbocycles. The Morgan fingerprint density at radius 1 is 1.29 bits per heavy atom. The largest absolute Gasteiger partial charge is 0.491 e. The molecule has 0 aliphatic heterocycles. The minimum absolute atomic E-state index is 0.425. The van der Waals surface area contributed by atoms with Crippen LogP contribution >= 0.6 is 0 Å². The fraction of sp³-hybridized carbons (Fsp3) is 0.571. The van der Waals surface area contributed by atoms with Gasteiger partial charge in [-0.25, -0.2) is 0 Å². The van der Waals surface area contributed by atoms with Crippen LogP contribution in [-0.4, -0.2) is 27.4 Å². The van der Waals surface area contributed by atoms with Crippen LogP contribution in [0.5, 0.6) is 5.75 Å². The smallest absolute Gasteiger partial charge is 0.124 e. The molecule has 1 aliphatic carbocycles. The Hall–Kier alpha value is -1.06. The van der Waals surface area contributed by atoms with E-state index in [1.807, 2.05) is 19.2 Å². The molecule has 17 heavy (non-hydrogen) atoms. The summed E-state index contributed by atoms with van der Waals surface area (Å²) in [5, 5.41) is 3.40. The molecule has 0 saturated heterocycles. The van der Waals surface area contributed by atoms with Gasteiger partial charge in [0.25, 0.3) is 0 Å². The molecule has 0 heterocycles. The van der Waals surface area contributed by atoms with E-state index in [2.05, 4.69) is 17.4 Å². The van der Waals surface area contributed by atoms with E-state index in [4.69, 9.17) is 9.47 Å². The molecular formula is C14H21NO2. The van der Waals surface area contributed by atoms with E-state index in [0.717, 1.165) is 11.7 Å². The Kier molecular flexibility index (Phi) is 4.40. The second kappa shape index (κ2) is 6.03. The van der Waals surface area contributed by atoms with Gasteiger partial charge >= 0.3 is 0 Å². The van der Waals surface area contributed by atoms with E-state index in [1.165, 1.54) is 18.4 Å². The molecule has 94 valence electrons. The van der Waals surface area contributed by atoms with Crippen molar-refractivity contribution in [2.75, 3.05) is 27.4 Å². The SMILES string of the molecule is CNC(c1ccccc1OCCOC)C1CC1. The quantitative estimate of drug-likeness (QED) is 0.736. The van der Waals surface area contributed by atoms with Crippen LogP contribution in [0.4, 0.5) is 0 Å². The number of ether oxygens (including phenoxy) is 2. The van der Waals surface area contributed by atoms with Crippen molar-refractivity contribution in [2.24, 2.45) is 5.92 Å². The highest BCUT2D eigenvalue weighted by molar-refractivity contribution is 5.37. The Bertz CT molecular complexity index is 350. The van der Waals surface area contributed by atoms with E-state index in [0.29, 0.717) is 19.3 Å². The van der Waals surface area contributed by atoms with Gasteiger partial charge in [0, 0.05) is 18.7 Å². The molecule has 1 N–H and O–H groups in total. The van der Waals surface area contributed by atoms with E-state index >= 15 is 0 Å².